The number of halogens is 1. The third-order valence-electron chi connectivity index (χ3n) is 2.69. The minimum Gasteiger partial charge on any atom is -0.444 e. The van der Waals surface area contributed by atoms with Crippen molar-refractivity contribution in [1.82, 2.24) is 15.3 Å². The molecule has 0 fully saturated rings. The predicted molar refractivity (Wildman–Crippen MR) is 83.6 cm³/mol. The van der Waals surface area contributed by atoms with Gasteiger partial charge in [0.1, 0.15) is 5.60 Å². The number of nitrogens with one attached hydrogen (secondary N) is 1. The number of carbonyl (C=O) groups is 1. The van der Waals surface area contributed by atoms with Gasteiger partial charge in [-0.2, -0.15) is 0 Å². The number of amides is 1. The molecule has 0 aromatic rings. The number of nitrogens with zero attached hydrogens (tertiary/aromatic N) is 2. The number of rotatable bonds is 9. The van der Waals surface area contributed by atoms with Crippen LogP contribution in [0.1, 0.15) is 40.5 Å². The number of alkyl carbamates (subject to hydrolysis) is 1. The van der Waals surface area contributed by atoms with Crippen LogP contribution < -0.4 is 5.32 Å². The fraction of sp³-hybridized carbons (Fsp3) is 0.800. The van der Waals surface area contributed by atoms with Gasteiger partial charge in [-0.15, -0.1) is 4.48 Å². The lowest BCUT2D eigenvalue weighted by Crippen LogP contribution is -2.34. The summed E-state index contributed by atoms with van der Waals surface area (Å²) in [5, 5.41) is 3.38. The van der Waals surface area contributed by atoms with Crippen molar-refractivity contribution in [1.29, 1.82) is 0 Å². The molecule has 124 valence electrons. The van der Waals surface area contributed by atoms with E-state index in [4.69, 9.17) is 4.74 Å². The Morgan fingerprint density at radius 3 is 2.33 bits per heavy atom. The third kappa shape index (κ3) is 12.2. The lowest BCUT2D eigenvalue weighted by molar-refractivity contribution is 0.0524. The average Bonchev–Trinajstić information content (AvgIpc) is 2.32. The van der Waals surface area contributed by atoms with Gasteiger partial charge >= 0.3 is 6.09 Å². The van der Waals surface area contributed by atoms with Crippen LogP contribution in [0.2, 0.25) is 0 Å². The third-order valence-corrected chi connectivity index (χ3v) is 2.69. The van der Waals surface area contributed by atoms with Gasteiger partial charge in [0.25, 0.3) is 0 Å². The summed E-state index contributed by atoms with van der Waals surface area (Å²) in [6.07, 6.45) is 1.18. The van der Waals surface area contributed by atoms with E-state index < -0.39 is 5.60 Å². The molecule has 0 spiro atoms. The Morgan fingerprint density at radius 1 is 1.24 bits per heavy atom. The van der Waals surface area contributed by atoms with Crippen LogP contribution in [-0.2, 0) is 4.74 Å². The van der Waals surface area contributed by atoms with Crippen molar-refractivity contribution in [2.75, 3.05) is 33.2 Å². The minimum absolute atomic E-state index is 0.357. The molecular weight excluding hydrogens is 273 g/mol. The van der Waals surface area contributed by atoms with Gasteiger partial charge in [0.2, 0.25) is 0 Å². The molecule has 1 N–H and O–H groups in total. The smallest absolute Gasteiger partial charge is 0.407 e. The molecule has 6 heteroatoms. The van der Waals surface area contributed by atoms with Gasteiger partial charge in [0.05, 0.1) is 6.54 Å². The second kappa shape index (κ2) is 9.60. The summed E-state index contributed by atoms with van der Waals surface area (Å²) in [5.41, 5.74) is -0.0400. The minimum atomic E-state index is -0.470. The van der Waals surface area contributed by atoms with Crippen molar-refractivity contribution in [2.45, 2.75) is 46.1 Å². The largest absolute Gasteiger partial charge is 0.444 e. The fourth-order valence-corrected chi connectivity index (χ4v) is 1.64. The Bertz CT molecular complexity index is 329. The molecule has 0 rings (SSSR count). The van der Waals surface area contributed by atoms with Crippen molar-refractivity contribution in [2.24, 2.45) is 0 Å². The van der Waals surface area contributed by atoms with E-state index in [0.717, 1.165) is 25.9 Å². The first-order chi connectivity index (χ1) is 9.61. The molecule has 0 aliphatic heterocycles. The molecule has 0 unspecified atom stereocenters. The van der Waals surface area contributed by atoms with Crippen molar-refractivity contribution >= 4 is 6.09 Å². The zero-order chi connectivity index (χ0) is 16.5. The number of carbonyl (C=O) groups excluding carboxylic acids is 1. The number of allylic oxidation sites excluding steroid dienone is 1. The van der Waals surface area contributed by atoms with E-state index in [-0.39, 0.29) is 6.09 Å². The van der Waals surface area contributed by atoms with Gasteiger partial charge in [-0.3, -0.25) is 0 Å². The molecule has 1 amide bonds. The zero-order valence-corrected chi connectivity index (χ0v) is 14.0. The summed E-state index contributed by atoms with van der Waals surface area (Å²) in [7, 11) is 1.98. The van der Waals surface area contributed by atoms with Crippen LogP contribution in [0.25, 0.3) is 0 Å². The van der Waals surface area contributed by atoms with Crippen molar-refractivity contribution in [3.05, 3.63) is 12.3 Å². The summed E-state index contributed by atoms with van der Waals surface area (Å²) < 4.78 is 18.3. The molecule has 0 aliphatic rings. The summed E-state index contributed by atoms with van der Waals surface area (Å²) >= 11 is 0. The first-order valence-electron chi connectivity index (χ1n) is 7.36. The predicted octanol–water partition coefficient (Wildman–Crippen LogP) is 2.94. The molecule has 0 saturated heterocycles. The first-order valence-corrected chi connectivity index (χ1v) is 7.36. The molecule has 0 aromatic carbocycles. The van der Waals surface area contributed by atoms with Crippen molar-refractivity contribution in [3.63, 3.8) is 0 Å². The Balaban J connectivity index is 3.60. The SMILES string of the molecule is C=C(C)N(F)CCCN(C)CCCNC(=O)OC(C)(C)C. The molecule has 0 bridgehead atoms. The molecule has 5 nitrogen and oxygen atoms in total. The average molecular weight is 303 g/mol. The molecule has 0 radical (unpaired) electrons. The molecule has 0 saturated carbocycles. The Hall–Kier alpha value is -1.30. The van der Waals surface area contributed by atoms with E-state index in [1.807, 2.05) is 27.8 Å². The molecule has 21 heavy (non-hydrogen) atoms. The standard InChI is InChI=1S/C15H30FN3O2/c1-13(2)19(16)12-8-11-18(6)10-7-9-17-14(20)21-15(3,4)5/h1,7-12H2,2-6H3,(H,17,20). The molecule has 0 aliphatic carbocycles. The van der Waals surface area contributed by atoms with E-state index in [0.29, 0.717) is 23.9 Å². The van der Waals surface area contributed by atoms with Gasteiger partial charge < -0.3 is 15.0 Å². The highest BCUT2D eigenvalue weighted by atomic mass is 19.2. The van der Waals surface area contributed by atoms with Gasteiger partial charge in [-0.05, 0) is 60.7 Å². The molecular formula is C15H30FN3O2. The van der Waals surface area contributed by atoms with E-state index in [9.17, 15) is 9.28 Å². The fourth-order valence-electron chi connectivity index (χ4n) is 1.64. The van der Waals surface area contributed by atoms with Crippen molar-refractivity contribution in [3.8, 4) is 0 Å². The quantitative estimate of drug-likeness (QED) is 0.525. The highest BCUT2D eigenvalue weighted by Crippen LogP contribution is 2.06. The first kappa shape index (κ1) is 19.7. The van der Waals surface area contributed by atoms with E-state index >= 15 is 0 Å². The van der Waals surface area contributed by atoms with E-state index in [1.54, 1.807) is 6.92 Å². The summed E-state index contributed by atoms with van der Waals surface area (Å²) in [6.45, 7) is 13.3. The zero-order valence-electron chi connectivity index (χ0n) is 14.0. The number of ether oxygens (including phenoxy) is 1. The molecule has 0 atom stereocenters. The number of hydrogen-bond acceptors (Lipinski definition) is 4. The lowest BCUT2D eigenvalue weighted by atomic mass is 10.2. The Morgan fingerprint density at radius 2 is 1.81 bits per heavy atom. The van der Waals surface area contributed by atoms with Gasteiger partial charge in [0.15, 0.2) is 0 Å². The highest BCUT2D eigenvalue weighted by Gasteiger charge is 2.15. The van der Waals surface area contributed by atoms with Crippen LogP contribution in [0.3, 0.4) is 0 Å². The second-order valence-electron chi connectivity index (χ2n) is 6.26. The van der Waals surface area contributed by atoms with Crippen LogP contribution in [0.4, 0.5) is 9.28 Å². The van der Waals surface area contributed by atoms with Crippen LogP contribution in [0.5, 0.6) is 0 Å². The van der Waals surface area contributed by atoms with Gasteiger partial charge in [-0.1, -0.05) is 6.58 Å². The lowest BCUT2D eigenvalue weighted by Gasteiger charge is -2.21. The highest BCUT2D eigenvalue weighted by molar-refractivity contribution is 5.67. The maximum absolute atomic E-state index is 13.2. The monoisotopic (exact) mass is 303 g/mol. The topological polar surface area (TPSA) is 44.8 Å². The van der Waals surface area contributed by atoms with E-state index in [1.165, 1.54) is 0 Å². The normalized spacial score (nSPS) is 11.4. The maximum atomic E-state index is 13.2. The Labute approximate surface area is 128 Å². The Kier molecular flexibility index (Phi) is 9.01. The summed E-state index contributed by atoms with van der Waals surface area (Å²) in [4.78, 5) is 13.5. The van der Waals surface area contributed by atoms with Crippen LogP contribution >= 0.6 is 0 Å². The maximum Gasteiger partial charge on any atom is 0.407 e. The van der Waals surface area contributed by atoms with Crippen LogP contribution in [-0.4, -0.2) is 54.9 Å². The molecule has 0 aromatic heterocycles. The van der Waals surface area contributed by atoms with E-state index in [2.05, 4.69) is 16.8 Å². The van der Waals surface area contributed by atoms with Gasteiger partial charge in [-0.25, -0.2) is 9.92 Å². The second-order valence-corrected chi connectivity index (χ2v) is 6.26. The van der Waals surface area contributed by atoms with Gasteiger partial charge in [0, 0.05) is 12.2 Å². The summed E-state index contributed by atoms with van der Waals surface area (Å²) in [5.74, 6) is 0. The van der Waals surface area contributed by atoms with Crippen molar-refractivity contribution < 1.29 is 14.0 Å². The molecule has 0 heterocycles. The van der Waals surface area contributed by atoms with Crippen LogP contribution in [0.15, 0.2) is 12.3 Å². The summed E-state index contributed by atoms with van der Waals surface area (Å²) in [6, 6.07) is 0. The van der Waals surface area contributed by atoms with Crippen LogP contribution in [0, 0.1) is 0 Å². The number of hydrogen-bond donors (Lipinski definition) is 1.